The van der Waals surface area contributed by atoms with Crippen molar-refractivity contribution in [2.24, 2.45) is 5.92 Å². The minimum Gasteiger partial charge on any atom is -0.379 e. The Morgan fingerprint density at radius 2 is 2.32 bits per heavy atom. The molecule has 0 amide bonds. The second kappa shape index (κ2) is 5.13. The van der Waals surface area contributed by atoms with Crippen LogP contribution in [0.15, 0.2) is 17.6 Å². The molecule has 1 aromatic carbocycles. The van der Waals surface area contributed by atoms with Gasteiger partial charge in [0.2, 0.25) is 0 Å². The van der Waals surface area contributed by atoms with Crippen LogP contribution in [0.3, 0.4) is 0 Å². The second-order valence-electron chi connectivity index (χ2n) is 4.93. The van der Waals surface area contributed by atoms with Crippen molar-refractivity contribution in [2.75, 3.05) is 11.9 Å². The molecule has 0 atom stereocenters. The average Bonchev–Trinajstić information content (AvgIpc) is 2.79. The van der Waals surface area contributed by atoms with Crippen molar-refractivity contribution in [1.82, 2.24) is 4.98 Å². The lowest BCUT2D eigenvalue weighted by atomic mass is 9.83. The number of rotatable bonds is 5. The van der Waals surface area contributed by atoms with Gasteiger partial charge in [0.05, 0.1) is 15.1 Å². The number of nitro groups is 1. The summed E-state index contributed by atoms with van der Waals surface area (Å²) in [5.41, 5.74) is 2.83. The maximum Gasteiger partial charge on any atom is 0.319 e. The summed E-state index contributed by atoms with van der Waals surface area (Å²) in [4.78, 5) is 15.0. The Morgan fingerprint density at radius 1 is 1.47 bits per heavy atom. The molecule has 5 nitrogen and oxygen atoms in total. The monoisotopic (exact) mass is 277 g/mol. The first-order valence-electron chi connectivity index (χ1n) is 6.50. The van der Waals surface area contributed by atoms with Gasteiger partial charge in [-0.3, -0.25) is 10.1 Å². The van der Waals surface area contributed by atoms with Gasteiger partial charge in [0.15, 0.2) is 5.52 Å². The normalized spacial score (nSPS) is 15.4. The summed E-state index contributed by atoms with van der Waals surface area (Å²) < 4.78 is 0.858. The molecule has 1 aliphatic carbocycles. The molecule has 1 aliphatic rings. The summed E-state index contributed by atoms with van der Waals surface area (Å²) in [7, 11) is 0. The molecule has 0 saturated heterocycles. The highest BCUT2D eigenvalue weighted by atomic mass is 32.1. The Balaban J connectivity index is 1.80. The summed E-state index contributed by atoms with van der Waals surface area (Å²) in [6.45, 7) is 0.793. The van der Waals surface area contributed by atoms with Gasteiger partial charge in [0.25, 0.3) is 0 Å². The number of nitrogens with one attached hydrogen (secondary N) is 1. The fourth-order valence-electron chi connectivity index (χ4n) is 2.44. The first kappa shape index (κ1) is 12.3. The van der Waals surface area contributed by atoms with E-state index in [-0.39, 0.29) is 10.6 Å². The van der Waals surface area contributed by atoms with E-state index in [1.165, 1.54) is 30.6 Å². The fourth-order valence-corrected chi connectivity index (χ4v) is 3.12. The predicted octanol–water partition coefficient (Wildman–Crippen LogP) is 3.81. The number of nitrogens with zero attached hydrogens (tertiary/aromatic N) is 2. The van der Waals surface area contributed by atoms with Crippen molar-refractivity contribution in [3.05, 3.63) is 27.8 Å². The van der Waals surface area contributed by atoms with Crippen LogP contribution >= 0.6 is 11.3 Å². The van der Waals surface area contributed by atoms with Gasteiger partial charge in [-0.1, -0.05) is 19.3 Å². The van der Waals surface area contributed by atoms with E-state index in [4.69, 9.17) is 0 Å². The topological polar surface area (TPSA) is 68.1 Å². The molecular formula is C13H15N3O2S. The maximum atomic E-state index is 11.2. The highest BCUT2D eigenvalue weighted by Gasteiger charge is 2.21. The third-order valence-electron chi connectivity index (χ3n) is 3.75. The summed E-state index contributed by atoms with van der Waals surface area (Å²) in [5, 5.41) is 14.4. The lowest BCUT2D eigenvalue weighted by Gasteiger charge is -2.25. The highest BCUT2D eigenvalue weighted by Crippen LogP contribution is 2.35. The van der Waals surface area contributed by atoms with E-state index in [1.807, 2.05) is 6.07 Å². The van der Waals surface area contributed by atoms with Crippen molar-refractivity contribution < 1.29 is 4.92 Å². The van der Waals surface area contributed by atoms with E-state index < -0.39 is 0 Å². The standard InChI is InChI=1S/C13H15N3O2S/c17-16(18)13-10(14-7-6-9-2-1-3-9)4-5-11-12(13)15-8-19-11/h4-5,8-9,14H,1-3,6-7H2. The van der Waals surface area contributed by atoms with Crippen molar-refractivity contribution in [1.29, 1.82) is 0 Å². The van der Waals surface area contributed by atoms with E-state index in [2.05, 4.69) is 10.3 Å². The molecule has 3 rings (SSSR count). The Labute approximate surface area is 114 Å². The molecule has 1 N–H and O–H groups in total. The number of anilines is 1. The van der Waals surface area contributed by atoms with Crippen LogP contribution in [0.1, 0.15) is 25.7 Å². The summed E-state index contributed by atoms with van der Waals surface area (Å²) in [5.74, 6) is 0.801. The minimum absolute atomic E-state index is 0.104. The Kier molecular flexibility index (Phi) is 3.33. The van der Waals surface area contributed by atoms with Crippen LogP contribution < -0.4 is 5.32 Å². The Hall–Kier alpha value is -1.69. The summed E-state index contributed by atoms with van der Waals surface area (Å²) in [6, 6.07) is 3.69. The quantitative estimate of drug-likeness (QED) is 0.666. The van der Waals surface area contributed by atoms with Gasteiger partial charge in [-0.25, -0.2) is 4.98 Å². The first-order chi connectivity index (χ1) is 9.25. The van der Waals surface area contributed by atoms with Crippen molar-refractivity contribution in [3.63, 3.8) is 0 Å². The van der Waals surface area contributed by atoms with Crippen LogP contribution in [0.2, 0.25) is 0 Å². The number of nitro benzene ring substituents is 1. The van der Waals surface area contributed by atoms with Crippen LogP contribution in [0, 0.1) is 16.0 Å². The molecule has 0 radical (unpaired) electrons. The number of hydrogen-bond donors (Lipinski definition) is 1. The second-order valence-corrected chi connectivity index (χ2v) is 5.82. The Bertz CT molecular complexity index is 607. The van der Waals surface area contributed by atoms with E-state index in [9.17, 15) is 10.1 Å². The third kappa shape index (κ3) is 2.40. The zero-order valence-corrected chi connectivity index (χ0v) is 11.3. The lowest BCUT2D eigenvalue weighted by Crippen LogP contribution is -2.16. The summed E-state index contributed by atoms with van der Waals surface area (Å²) in [6.07, 6.45) is 5.02. The van der Waals surface area contributed by atoms with Gasteiger partial charge >= 0.3 is 5.69 Å². The Morgan fingerprint density at radius 3 is 3.00 bits per heavy atom. The molecule has 1 heterocycles. The van der Waals surface area contributed by atoms with E-state index in [0.717, 1.165) is 23.6 Å². The molecule has 1 fully saturated rings. The number of hydrogen-bond acceptors (Lipinski definition) is 5. The number of thiazole rings is 1. The molecule has 0 aliphatic heterocycles. The fraction of sp³-hybridized carbons (Fsp3) is 0.462. The van der Waals surface area contributed by atoms with Crippen molar-refractivity contribution in [2.45, 2.75) is 25.7 Å². The minimum atomic E-state index is -0.340. The molecule has 0 spiro atoms. The zero-order chi connectivity index (χ0) is 13.2. The lowest BCUT2D eigenvalue weighted by molar-refractivity contribution is -0.382. The van der Waals surface area contributed by atoms with Crippen LogP contribution in [-0.2, 0) is 0 Å². The SMILES string of the molecule is O=[N+]([O-])c1c(NCCC2CCC2)ccc2scnc12. The highest BCUT2D eigenvalue weighted by molar-refractivity contribution is 7.16. The van der Waals surface area contributed by atoms with Crippen LogP contribution in [0.5, 0.6) is 0 Å². The van der Waals surface area contributed by atoms with Gasteiger partial charge in [0, 0.05) is 6.54 Å². The molecule has 1 saturated carbocycles. The van der Waals surface area contributed by atoms with Gasteiger partial charge in [-0.2, -0.15) is 0 Å². The van der Waals surface area contributed by atoms with Crippen LogP contribution in [0.25, 0.3) is 10.2 Å². The molecule has 100 valence electrons. The molecule has 0 unspecified atom stereocenters. The number of aromatic nitrogens is 1. The van der Waals surface area contributed by atoms with Gasteiger partial charge < -0.3 is 5.32 Å². The van der Waals surface area contributed by atoms with Gasteiger partial charge in [0.1, 0.15) is 5.69 Å². The first-order valence-corrected chi connectivity index (χ1v) is 7.38. The third-order valence-corrected chi connectivity index (χ3v) is 4.55. The number of fused-ring (bicyclic) bond motifs is 1. The largest absolute Gasteiger partial charge is 0.379 e. The molecule has 1 aromatic heterocycles. The van der Waals surface area contributed by atoms with E-state index in [0.29, 0.717) is 11.2 Å². The molecule has 6 heteroatoms. The van der Waals surface area contributed by atoms with Crippen LogP contribution in [0.4, 0.5) is 11.4 Å². The molecule has 0 bridgehead atoms. The smallest absolute Gasteiger partial charge is 0.319 e. The van der Waals surface area contributed by atoms with Crippen molar-refractivity contribution >= 4 is 32.9 Å². The zero-order valence-electron chi connectivity index (χ0n) is 10.5. The van der Waals surface area contributed by atoms with E-state index in [1.54, 1.807) is 11.6 Å². The van der Waals surface area contributed by atoms with Gasteiger partial charge in [-0.15, -0.1) is 11.3 Å². The molecular weight excluding hydrogens is 262 g/mol. The maximum absolute atomic E-state index is 11.2. The number of benzene rings is 1. The van der Waals surface area contributed by atoms with Gasteiger partial charge in [-0.05, 0) is 24.5 Å². The van der Waals surface area contributed by atoms with E-state index >= 15 is 0 Å². The average molecular weight is 277 g/mol. The van der Waals surface area contributed by atoms with Crippen molar-refractivity contribution in [3.8, 4) is 0 Å². The predicted molar refractivity (Wildman–Crippen MR) is 76.7 cm³/mol. The van der Waals surface area contributed by atoms with Crippen LogP contribution in [-0.4, -0.2) is 16.5 Å². The molecule has 2 aromatic rings. The summed E-state index contributed by atoms with van der Waals surface area (Å²) >= 11 is 1.43. The molecule has 19 heavy (non-hydrogen) atoms.